The molecule has 0 saturated heterocycles. The van der Waals surface area contributed by atoms with Gasteiger partial charge in [-0.1, -0.05) is 146 Å². The van der Waals surface area contributed by atoms with Crippen LogP contribution in [0.4, 0.5) is 0 Å². The molecule has 0 unspecified atom stereocenters. The number of furan rings is 1. The predicted octanol–water partition coefficient (Wildman–Crippen LogP) is 12.5. The molecule has 4 heteroatoms. The fourth-order valence-corrected chi connectivity index (χ4v) is 8.01. The van der Waals surface area contributed by atoms with E-state index in [0.29, 0.717) is 17.5 Å². The zero-order valence-electron chi connectivity index (χ0n) is 27.3. The molecule has 0 fully saturated rings. The summed E-state index contributed by atoms with van der Waals surface area (Å²) in [5, 5.41) is 11.9. The summed E-state index contributed by atoms with van der Waals surface area (Å²) >= 11 is 0. The minimum atomic E-state index is 0.636. The molecule has 0 spiro atoms. The van der Waals surface area contributed by atoms with Crippen LogP contribution in [0.2, 0.25) is 0 Å². The molecular formula is C47H27N3O. The second-order valence-electron chi connectivity index (χ2n) is 13.1. The molecular weight excluding hydrogens is 623 g/mol. The highest BCUT2D eigenvalue weighted by Crippen LogP contribution is 2.49. The predicted molar refractivity (Wildman–Crippen MR) is 210 cm³/mol. The SMILES string of the molecule is c1ccc(-c2nc(-c3ccccc3)nc(-c3ccc(-c4ccc5c6ccccc6c6c7ccccc7cc7oc4c5c76)c4ccccc34)n2)cc1. The van der Waals surface area contributed by atoms with Crippen LogP contribution in [0.5, 0.6) is 0 Å². The van der Waals surface area contributed by atoms with Crippen molar-refractivity contribution in [3.63, 3.8) is 0 Å². The molecule has 2 aromatic heterocycles. The van der Waals surface area contributed by atoms with Gasteiger partial charge < -0.3 is 4.42 Å². The first kappa shape index (κ1) is 28.0. The van der Waals surface area contributed by atoms with Gasteiger partial charge in [0.1, 0.15) is 11.2 Å². The van der Waals surface area contributed by atoms with Crippen LogP contribution in [-0.4, -0.2) is 15.0 Å². The Labute approximate surface area is 292 Å². The molecule has 0 N–H and O–H groups in total. The molecule has 0 bridgehead atoms. The average Bonchev–Trinajstić information content (AvgIpc) is 3.59. The van der Waals surface area contributed by atoms with Crippen LogP contribution in [-0.2, 0) is 0 Å². The number of hydrogen-bond donors (Lipinski definition) is 0. The molecule has 51 heavy (non-hydrogen) atoms. The second kappa shape index (κ2) is 10.8. The van der Waals surface area contributed by atoms with Gasteiger partial charge in [-0.2, -0.15) is 0 Å². The molecule has 0 saturated carbocycles. The van der Waals surface area contributed by atoms with E-state index in [1.165, 1.54) is 43.1 Å². The summed E-state index contributed by atoms with van der Waals surface area (Å²) in [7, 11) is 0. The Balaban J connectivity index is 1.18. The minimum absolute atomic E-state index is 0.636. The van der Waals surface area contributed by atoms with Gasteiger partial charge in [0.25, 0.3) is 0 Å². The van der Waals surface area contributed by atoms with Gasteiger partial charge in [-0.25, -0.2) is 15.0 Å². The molecule has 11 rings (SSSR count). The summed E-state index contributed by atoms with van der Waals surface area (Å²) < 4.78 is 6.94. The zero-order valence-corrected chi connectivity index (χ0v) is 27.3. The third kappa shape index (κ3) is 4.17. The van der Waals surface area contributed by atoms with Gasteiger partial charge in [-0.05, 0) is 61.5 Å². The van der Waals surface area contributed by atoms with Gasteiger partial charge in [0, 0.05) is 38.4 Å². The number of nitrogens with zero attached hydrogens (tertiary/aromatic N) is 3. The Kier molecular flexibility index (Phi) is 5.92. The second-order valence-corrected chi connectivity index (χ2v) is 13.1. The fourth-order valence-electron chi connectivity index (χ4n) is 8.01. The van der Waals surface area contributed by atoms with E-state index in [2.05, 4.69) is 103 Å². The van der Waals surface area contributed by atoms with Crippen molar-refractivity contribution in [1.29, 1.82) is 0 Å². The van der Waals surface area contributed by atoms with E-state index < -0.39 is 0 Å². The lowest BCUT2D eigenvalue weighted by molar-refractivity contribution is 0.671. The van der Waals surface area contributed by atoms with Gasteiger partial charge >= 0.3 is 0 Å². The maximum atomic E-state index is 6.94. The van der Waals surface area contributed by atoms with E-state index in [1.54, 1.807) is 0 Å². The topological polar surface area (TPSA) is 51.8 Å². The quantitative estimate of drug-likeness (QED) is 0.178. The van der Waals surface area contributed by atoms with Crippen LogP contribution in [0.15, 0.2) is 168 Å². The van der Waals surface area contributed by atoms with Crippen LogP contribution in [0.25, 0.3) is 110 Å². The maximum absolute atomic E-state index is 6.94. The highest BCUT2D eigenvalue weighted by molar-refractivity contribution is 6.39. The Morgan fingerprint density at radius 1 is 0.333 bits per heavy atom. The first-order valence-corrected chi connectivity index (χ1v) is 17.2. The number of rotatable bonds is 4. The lowest BCUT2D eigenvalue weighted by Crippen LogP contribution is -2.00. The molecule has 236 valence electrons. The van der Waals surface area contributed by atoms with Gasteiger partial charge in [0.15, 0.2) is 17.5 Å². The zero-order chi connectivity index (χ0) is 33.5. The number of hydrogen-bond acceptors (Lipinski definition) is 4. The molecule has 11 aromatic rings. The van der Waals surface area contributed by atoms with Gasteiger partial charge in [-0.3, -0.25) is 0 Å². The summed E-state index contributed by atoms with van der Waals surface area (Å²) in [5.41, 5.74) is 6.83. The van der Waals surface area contributed by atoms with Crippen LogP contribution in [0, 0.1) is 0 Å². The molecule has 2 heterocycles. The Morgan fingerprint density at radius 2 is 0.843 bits per heavy atom. The van der Waals surface area contributed by atoms with E-state index in [0.717, 1.165) is 49.8 Å². The molecule has 9 aromatic carbocycles. The van der Waals surface area contributed by atoms with Crippen molar-refractivity contribution in [2.45, 2.75) is 0 Å². The van der Waals surface area contributed by atoms with Crippen molar-refractivity contribution >= 4 is 65.0 Å². The number of aromatic nitrogens is 3. The lowest BCUT2D eigenvalue weighted by Gasteiger charge is -2.14. The Morgan fingerprint density at radius 3 is 1.55 bits per heavy atom. The number of benzene rings is 9. The van der Waals surface area contributed by atoms with Crippen molar-refractivity contribution in [1.82, 2.24) is 15.0 Å². The number of fused-ring (bicyclic) bond motifs is 6. The monoisotopic (exact) mass is 649 g/mol. The molecule has 0 amide bonds. The van der Waals surface area contributed by atoms with Crippen LogP contribution < -0.4 is 0 Å². The van der Waals surface area contributed by atoms with E-state index in [4.69, 9.17) is 19.4 Å². The summed E-state index contributed by atoms with van der Waals surface area (Å²) in [4.78, 5) is 15.1. The maximum Gasteiger partial charge on any atom is 0.164 e. The summed E-state index contributed by atoms with van der Waals surface area (Å²) in [6.07, 6.45) is 0. The summed E-state index contributed by atoms with van der Waals surface area (Å²) in [6, 6.07) is 57.2. The van der Waals surface area contributed by atoms with Crippen molar-refractivity contribution in [3.05, 3.63) is 164 Å². The average molecular weight is 650 g/mol. The van der Waals surface area contributed by atoms with Gasteiger partial charge in [-0.15, -0.1) is 0 Å². The van der Waals surface area contributed by atoms with Gasteiger partial charge in [0.2, 0.25) is 0 Å². The molecule has 0 radical (unpaired) electrons. The first-order chi connectivity index (χ1) is 25.3. The summed E-state index contributed by atoms with van der Waals surface area (Å²) in [5.74, 6) is 1.92. The first-order valence-electron chi connectivity index (χ1n) is 17.2. The van der Waals surface area contributed by atoms with Crippen LogP contribution in [0.1, 0.15) is 0 Å². The van der Waals surface area contributed by atoms with E-state index in [1.807, 2.05) is 60.7 Å². The van der Waals surface area contributed by atoms with E-state index in [-0.39, 0.29) is 0 Å². The fraction of sp³-hybridized carbons (Fsp3) is 0. The Bertz CT molecular complexity index is 3070. The third-order valence-corrected chi connectivity index (χ3v) is 10.3. The molecule has 4 nitrogen and oxygen atoms in total. The normalized spacial score (nSPS) is 11.9. The highest BCUT2D eigenvalue weighted by Gasteiger charge is 2.23. The smallest absolute Gasteiger partial charge is 0.164 e. The minimum Gasteiger partial charge on any atom is -0.455 e. The third-order valence-electron chi connectivity index (χ3n) is 10.3. The largest absolute Gasteiger partial charge is 0.455 e. The van der Waals surface area contributed by atoms with Crippen molar-refractivity contribution in [3.8, 4) is 45.3 Å². The van der Waals surface area contributed by atoms with Crippen molar-refractivity contribution in [2.75, 3.05) is 0 Å². The summed E-state index contributed by atoms with van der Waals surface area (Å²) in [6.45, 7) is 0. The van der Waals surface area contributed by atoms with Crippen molar-refractivity contribution < 1.29 is 4.42 Å². The van der Waals surface area contributed by atoms with Crippen LogP contribution in [0.3, 0.4) is 0 Å². The van der Waals surface area contributed by atoms with Crippen molar-refractivity contribution in [2.24, 2.45) is 0 Å². The molecule has 0 aliphatic heterocycles. The van der Waals surface area contributed by atoms with Gasteiger partial charge in [0.05, 0.1) is 0 Å². The Hall–Kier alpha value is -6.91. The highest BCUT2D eigenvalue weighted by atomic mass is 16.3. The molecule has 0 atom stereocenters. The standard InChI is InChI=1S/C47H27N3O/c1-3-13-28(14-4-1)45-48-46(29-15-5-2-6-16-29)50-47(49-45)39-26-23-35(32-19-9-10-20-33(32)39)38-25-24-37-34-21-11-12-22-36(34)41-31-18-8-7-17-30(31)27-40-43(41)42(37)44(38)51-40/h1-27H. The molecule has 0 aliphatic rings. The lowest BCUT2D eigenvalue weighted by atomic mass is 9.88. The van der Waals surface area contributed by atoms with E-state index >= 15 is 0 Å². The molecule has 0 aliphatic carbocycles. The van der Waals surface area contributed by atoms with Crippen LogP contribution >= 0.6 is 0 Å². The van der Waals surface area contributed by atoms with E-state index in [9.17, 15) is 0 Å².